The highest BCUT2D eigenvalue weighted by Crippen LogP contribution is 2.16. The molecule has 0 spiro atoms. The molecule has 0 atom stereocenters. The predicted octanol–water partition coefficient (Wildman–Crippen LogP) is 1.54. The van der Waals surface area contributed by atoms with Gasteiger partial charge in [-0.3, -0.25) is 4.79 Å². The van der Waals surface area contributed by atoms with Gasteiger partial charge in [0.2, 0.25) is 0 Å². The van der Waals surface area contributed by atoms with Crippen LogP contribution in [0.15, 0.2) is 24.7 Å². The van der Waals surface area contributed by atoms with Gasteiger partial charge >= 0.3 is 0 Å². The van der Waals surface area contributed by atoms with Crippen LogP contribution in [0.1, 0.15) is 22.0 Å². The van der Waals surface area contributed by atoms with Crippen molar-refractivity contribution in [1.82, 2.24) is 29.0 Å². The number of carbonyl (C=O) groups is 1. The first-order valence-electron chi connectivity index (χ1n) is 6.93. The molecule has 112 valence electrons. The van der Waals surface area contributed by atoms with Crippen LogP contribution in [0.3, 0.4) is 0 Å². The average molecular weight is 317 g/mol. The Labute approximate surface area is 131 Å². The van der Waals surface area contributed by atoms with Crippen molar-refractivity contribution < 1.29 is 4.79 Å². The van der Waals surface area contributed by atoms with Gasteiger partial charge in [-0.2, -0.15) is 5.10 Å². The minimum Gasteiger partial charge on any atom is -0.331 e. The number of halogens is 1. The van der Waals surface area contributed by atoms with Crippen molar-refractivity contribution in [2.75, 3.05) is 6.54 Å². The lowest BCUT2D eigenvalue weighted by Crippen LogP contribution is -2.38. The summed E-state index contributed by atoms with van der Waals surface area (Å²) in [5.74, 6) is 0.788. The van der Waals surface area contributed by atoms with E-state index < -0.39 is 0 Å². The highest BCUT2D eigenvalue weighted by molar-refractivity contribution is 6.30. The molecule has 0 unspecified atom stereocenters. The maximum atomic E-state index is 12.6. The molecule has 7 nitrogen and oxygen atoms in total. The van der Waals surface area contributed by atoms with Crippen LogP contribution >= 0.6 is 11.6 Å². The van der Waals surface area contributed by atoms with Gasteiger partial charge in [0.1, 0.15) is 5.82 Å². The number of fused-ring (bicyclic) bond motifs is 2. The smallest absolute Gasteiger partial charge is 0.274 e. The summed E-state index contributed by atoms with van der Waals surface area (Å²) >= 11 is 5.89. The predicted molar refractivity (Wildman–Crippen MR) is 79.7 cm³/mol. The zero-order valence-electron chi connectivity index (χ0n) is 11.9. The molecule has 8 heteroatoms. The van der Waals surface area contributed by atoms with Crippen LogP contribution in [0.4, 0.5) is 0 Å². The third-order valence-corrected chi connectivity index (χ3v) is 3.91. The van der Waals surface area contributed by atoms with Crippen molar-refractivity contribution in [1.29, 1.82) is 0 Å². The van der Waals surface area contributed by atoms with Crippen molar-refractivity contribution in [3.05, 3.63) is 46.9 Å². The Morgan fingerprint density at radius 1 is 1.32 bits per heavy atom. The van der Waals surface area contributed by atoms with Gasteiger partial charge in [0.15, 0.2) is 11.3 Å². The number of rotatable bonds is 1. The SMILES string of the molecule is Cc1cn2c(n1)CN(C(=O)c1cc3ncc(Cl)cn3n1)CC2. The Balaban J connectivity index is 1.63. The van der Waals surface area contributed by atoms with E-state index in [4.69, 9.17) is 11.6 Å². The van der Waals surface area contributed by atoms with E-state index in [1.807, 2.05) is 13.1 Å². The first-order chi connectivity index (χ1) is 10.6. The molecular formula is C14H13ClN6O. The molecule has 1 aliphatic rings. The summed E-state index contributed by atoms with van der Waals surface area (Å²) in [7, 11) is 0. The molecule has 4 heterocycles. The minimum absolute atomic E-state index is 0.117. The van der Waals surface area contributed by atoms with Gasteiger partial charge < -0.3 is 9.47 Å². The van der Waals surface area contributed by atoms with E-state index in [0.29, 0.717) is 29.5 Å². The molecule has 0 aromatic carbocycles. The molecule has 0 aliphatic carbocycles. The minimum atomic E-state index is -0.117. The van der Waals surface area contributed by atoms with Crippen molar-refractivity contribution >= 4 is 23.2 Å². The Morgan fingerprint density at radius 3 is 3.05 bits per heavy atom. The van der Waals surface area contributed by atoms with Crippen LogP contribution in [-0.2, 0) is 13.1 Å². The zero-order chi connectivity index (χ0) is 15.3. The van der Waals surface area contributed by atoms with E-state index in [1.54, 1.807) is 17.2 Å². The van der Waals surface area contributed by atoms with E-state index >= 15 is 0 Å². The highest BCUT2D eigenvalue weighted by atomic mass is 35.5. The second kappa shape index (κ2) is 4.81. The molecule has 0 saturated carbocycles. The molecule has 0 saturated heterocycles. The highest BCUT2D eigenvalue weighted by Gasteiger charge is 2.24. The van der Waals surface area contributed by atoms with Crippen LogP contribution < -0.4 is 0 Å². The monoisotopic (exact) mass is 316 g/mol. The molecule has 3 aromatic heterocycles. The van der Waals surface area contributed by atoms with Crippen LogP contribution in [0, 0.1) is 6.92 Å². The second-order valence-corrected chi connectivity index (χ2v) is 5.76. The Kier molecular flexibility index (Phi) is 2.90. The molecule has 0 radical (unpaired) electrons. The van der Waals surface area contributed by atoms with Crippen molar-refractivity contribution in [2.24, 2.45) is 0 Å². The molecule has 22 heavy (non-hydrogen) atoms. The van der Waals surface area contributed by atoms with Crippen molar-refractivity contribution in [3.8, 4) is 0 Å². The van der Waals surface area contributed by atoms with Crippen molar-refractivity contribution in [2.45, 2.75) is 20.0 Å². The average Bonchev–Trinajstić information content (AvgIpc) is 3.07. The number of aromatic nitrogens is 5. The fourth-order valence-corrected chi connectivity index (χ4v) is 2.83. The van der Waals surface area contributed by atoms with Crippen LogP contribution in [0.2, 0.25) is 5.02 Å². The number of carbonyl (C=O) groups excluding carboxylic acids is 1. The summed E-state index contributed by atoms with van der Waals surface area (Å²) in [6.07, 6.45) is 5.17. The molecule has 0 fully saturated rings. The summed E-state index contributed by atoms with van der Waals surface area (Å²) < 4.78 is 3.61. The van der Waals surface area contributed by atoms with Gasteiger partial charge in [0.25, 0.3) is 5.91 Å². The maximum absolute atomic E-state index is 12.6. The second-order valence-electron chi connectivity index (χ2n) is 5.32. The fourth-order valence-electron chi connectivity index (χ4n) is 2.69. The van der Waals surface area contributed by atoms with E-state index in [2.05, 4.69) is 19.6 Å². The normalized spacial score (nSPS) is 14.4. The van der Waals surface area contributed by atoms with E-state index in [1.165, 1.54) is 10.7 Å². The van der Waals surface area contributed by atoms with Gasteiger partial charge in [0.05, 0.1) is 23.5 Å². The van der Waals surface area contributed by atoms with E-state index in [-0.39, 0.29) is 5.91 Å². The molecule has 1 aliphatic heterocycles. The number of imidazole rings is 1. The number of hydrogen-bond acceptors (Lipinski definition) is 4. The number of hydrogen-bond donors (Lipinski definition) is 0. The molecule has 0 N–H and O–H groups in total. The van der Waals surface area contributed by atoms with E-state index in [0.717, 1.165) is 18.1 Å². The van der Waals surface area contributed by atoms with Crippen LogP contribution in [-0.4, -0.2) is 41.5 Å². The molecule has 3 aromatic rings. The van der Waals surface area contributed by atoms with Gasteiger partial charge in [-0.05, 0) is 6.92 Å². The third kappa shape index (κ3) is 2.14. The lowest BCUT2D eigenvalue weighted by molar-refractivity contribution is 0.0701. The van der Waals surface area contributed by atoms with Gasteiger partial charge in [-0.15, -0.1) is 0 Å². The molecule has 0 bridgehead atoms. The number of aryl methyl sites for hydroxylation is 1. The summed E-state index contributed by atoms with van der Waals surface area (Å²) in [5, 5.41) is 4.74. The van der Waals surface area contributed by atoms with Crippen molar-refractivity contribution in [3.63, 3.8) is 0 Å². The zero-order valence-corrected chi connectivity index (χ0v) is 12.7. The Morgan fingerprint density at radius 2 is 2.18 bits per heavy atom. The lowest BCUT2D eigenvalue weighted by Gasteiger charge is -2.26. The van der Waals surface area contributed by atoms with E-state index in [9.17, 15) is 4.79 Å². The first-order valence-corrected chi connectivity index (χ1v) is 7.31. The molecule has 4 rings (SSSR count). The quantitative estimate of drug-likeness (QED) is 0.683. The van der Waals surface area contributed by atoms with Crippen LogP contribution in [0.5, 0.6) is 0 Å². The Bertz CT molecular complexity index is 883. The third-order valence-electron chi connectivity index (χ3n) is 3.71. The Hall–Kier alpha value is -2.41. The summed E-state index contributed by atoms with van der Waals surface area (Å²) in [6, 6.07) is 1.67. The lowest BCUT2D eigenvalue weighted by atomic mass is 10.3. The van der Waals surface area contributed by atoms with Gasteiger partial charge in [-0.1, -0.05) is 11.6 Å². The summed E-state index contributed by atoms with van der Waals surface area (Å²) in [6.45, 7) is 3.84. The van der Waals surface area contributed by atoms with Gasteiger partial charge in [-0.25, -0.2) is 14.5 Å². The topological polar surface area (TPSA) is 68.3 Å². The molecule has 1 amide bonds. The maximum Gasteiger partial charge on any atom is 0.274 e. The first kappa shape index (κ1) is 13.3. The summed E-state index contributed by atoms with van der Waals surface area (Å²) in [4.78, 5) is 23.0. The summed E-state index contributed by atoms with van der Waals surface area (Å²) in [5.41, 5.74) is 1.93. The fraction of sp³-hybridized carbons (Fsp3) is 0.286. The number of nitrogens with zero attached hydrogens (tertiary/aromatic N) is 6. The molecular weight excluding hydrogens is 304 g/mol. The standard InChI is InChI=1S/C14H13ClN6O/c1-9-6-19-2-3-20(8-13(19)17-9)14(22)11-4-12-16-5-10(15)7-21(12)18-11/h4-7H,2-3,8H2,1H3. The van der Waals surface area contributed by atoms with Gasteiger partial charge in [0, 0.05) is 31.5 Å². The number of amides is 1. The largest absolute Gasteiger partial charge is 0.331 e. The van der Waals surface area contributed by atoms with Crippen LogP contribution in [0.25, 0.3) is 5.65 Å².